The van der Waals surface area contributed by atoms with Crippen molar-refractivity contribution in [3.05, 3.63) is 18.3 Å². The molecule has 0 saturated carbocycles. The van der Waals surface area contributed by atoms with E-state index in [1.165, 1.54) is 0 Å². The van der Waals surface area contributed by atoms with E-state index in [1.807, 2.05) is 19.1 Å². The number of anilines is 1. The number of ether oxygens (including phenoxy) is 1. The molecule has 4 nitrogen and oxygen atoms in total. The molecule has 1 rings (SSSR count). The molecule has 0 radical (unpaired) electrons. The van der Waals surface area contributed by atoms with Gasteiger partial charge in [-0.3, -0.25) is 0 Å². The molecular weight excluding hydrogens is 204 g/mol. The largest absolute Gasteiger partial charge is 0.490 e. The van der Waals surface area contributed by atoms with Crippen molar-refractivity contribution in [2.45, 2.75) is 32.8 Å². The van der Waals surface area contributed by atoms with Gasteiger partial charge in [0.1, 0.15) is 0 Å². The van der Waals surface area contributed by atoms with Gasteiger partial charge in [-0.25, -0.2) is 4.98 Å². The van der Waals surface area contributed by atoms with E-state index in [1.54, 1.807) is 6.20 Å². The summed E-state index contributed by atoms with van der Waals surface area (Å²) in [5.74, 6) is 1.42. The Morgan fingerprint density at radius 1 is 1.50 bits per heavy atom. The Labute approximate surface area is 96.7 Å². The molecule has 16 heavy (non-hydrogen) atoms. The zero-order chi connectivity index (χ0) is 11.8. The van der Waals surface area contributed by atoms with Crippen LogP contribution in [0.3, 0.4) is 0 Å². The van der Waals surface area contributed by atoms with Gasteiger partial charge < -0.3 is 15.2 Å². The monoisotopic (exact) mass is 224 g/mol. The van der Waals surface area contributed by atoms with Gasteiger partial charge in [-0.1, -0.05) is 13.3 Å². The van der Waals surface area contributed by atoms with Crippen LogP contribution in [0.2, 0.25) is 0 Å². The predicted molar refractivity (Wildman–Crippen MR) is 64.8 cm³/mol. The molecule has 90 valence electrons. The van der Waals surface area contributed by atoms with Crippen molar-refractivity contribution in [2.75, 3.05) is 18.5 Å². The van der Waals surface area contributed by atoms with Gasteiger partial charge in [-0.05, 0) is 25.5 Å². The number of pyridine rings is 1. The predicted octanol–water partition coefficient (Wildman–Crippen LogP) is 2.05. The van der Waals surface area contributed by atoms with Gasteiger partial charge in [0.05, 0.1) is 12.7 Å². The van der Waals surface area contributed by atoms with E-state index < -0.39 is 0 Å². The highest BCUT2D eigenvalue weighted by Crippen LogP contribution is 2.20. The molecule has 1 aromatic heterocycles. The highest BCUT2D eigenvalue weighted by atomic mass is 16.5. The fraction of sp³-hybridized carbons (Fsp3) is 0.583. The molecule has 0 bridgehead atoms. The van der Waals surface area contributed by atoms with Crippen molar-refractivity contribution in [3.8, 4) is 5.75 Å². The molecule has 0 aliphatic rings. The lowest BCUT2D eigenvalue weighted by molar-refractivity contribution is 0.176. The molecule has 0 aliphatic carbocycles. The van der Waals surface area contributed by atoms with Crippen molar-refractivity contribution in [1.29, 1.82) is 0 Å². The first-order valence-electron chi connectivity index (χ1n) is 5.77. The smallest absolute Gasteiger partial charge is 0.168 e. The number of rotatable bonds is 7. The van der Waals surface area contributed by atoms with Crippen LogP contribution in [0.15, 0.2) is 18.3 Å². The maximum Gasteiger partial charge on any atom is 0.168 e. The summed E-state index contributed by atoms with van der Waals surface area (Å²) in [5.41, 5.74) is 0. The van der Waals surface area contributed by atoms with E-state index in [9.17, 15) is 5.11 Å². The standard InChI is InChI=1S/C12H20N2O2/c1-3-6-10(15)9-14-12-11(16-4-2)7-5-8-13-12/h5,7-8,10,15H,3-4,6,9H2,1-2H3,(H,13,14). The molecule has 0 aliphatic heterocycles. The summed E-state index contributed by atoms with van der Waals surface area (Å²) >= 11 is 0. The van der Waals surface area contributed by atoms with Crippen LogP contribution >= 0.6 is 0 Å². The number of aliphatic hydroxyl groups excluding tert-OH is 1. The third kappa shape index (κ3) is 4.06. The highest BCUT2D eigenvalue weighted by molar-refractivity contribution is 5.49. The lowest BCUT2D eigenvalue weighted by Gasteiger charge is -2.13. The second-order valence-electron chi connectivity index (χ2n) is 3.61. The fourth-order valence-corrected chi connectivity index (χ4v) is 1.45. The Morgan fingerprint density at radius 3 is 3.00 bits per heavy atom. The first kappa shape index (κ1) is 12.8. The van der Waals surface area contributed by atoms with Crippen molar-refractivity contribution >= 4 is 5.82 Å². The van der Waals surface area contributed by atoms with Gasteiger partial charge in [0.25, 0.3) is 0 Å². The summed E-state index contributed by atoms with van der Waals surface area (Å²) in [6.07, 6.45) is 3.14. The molecule has 2 N–H and O–H groups in total. The number of nitrogens with zero attached hydrogens (tertiary/aromatic N) is 1. The highest BCUT2D eigenvalue weighted by Gasteiger charge is 2.06. The summed E-state index contributed by atoms with van der Waals surface area (Å²) in [6.45, 7) is 5.10. The van der Waals surface area contributed by atoms with Gasteiger partial charge in [0.2, 0.25) is 0 Å². The topological polar surface area (TPSA) is 54.4 Å². The number of aromatic nitrogens is 1. The minimum absolute atomic E-state index is 0.332. The molecule has 0 amide bonds. The van der Waals surface area contributed by atoms with Crippen molar-refractivity contribution in [3.63, 3.8) is 0 Å². The number of aliphatic hydroxyl groups is 1. The van der Waals surface area contributed by atoms with Gasteiger partial charge in [0, 0.05) is 12.7 Å². The fourth-order valence-electron chi connectivity index (χ4n) is 1.45. The zero-order valence-electron chi connectivity index (χ0n) is 9.94. The summed E-state index contributed by atoms with van der Waals surface area (Å²) < 4.78 is 5.42. The Balaban J connectivity index is 2.52. The first-order valence-corrected chi connectivity index (χ1v) is 5.77. The van der Waals surface area contributed by atoms with E-state index >= 15 is 0 Å². The van der Waals surface area contributed by atoms with Crippen LogP contribution in [0.5, 0.6) is 5.75 Å². The molecule has 1 unspecified atom stereocenters. The van der Waals surface area contributed by atoms with E-state index in [0.717, 1.165) is 18.6 Å². The minimum Gasteiger partial charge on any atom is -0.490 e. The van der Waals surface area contributed by atoms with Gasteiger partial charge in [-0.15, -0.1) is 0 Å². The number of nitrogens with one attached hydrogen (secondary N) is 1. The molecule has 1 aromatic rings. The molecule has 0 aromatic carbocycles. The lowest BCUT2D eigenvalue weighted by atomic mass is 10.2. The second-order valence-corrected chi connectivity index (χ2v) is 3.61. The van der Waals surface area contributed by atoms with Crippen LogP contribution in [-0.2, 0) is 0 Å². The normalized spacial score (nSPS) is 12.2. The van der Waals surface area contributed by atoms with Crippen molar-refractivity contribution < 1.29 is 9.84 Å². The summed E-state index contributed by atoms with van der Waals surface area (Å²) in [6, 6.07) is 3.70. The second kappa shape index (κ2) is 7.06. The average molecular weight is 224 g/mol. The summed E-state index contributed by atoms with van der Waals surface area (Å²) in [4.78, 5) is 4.18. The first-order chi connectivity index (χ1) is 7.77. The molecule has 0 saturated heterocycles. The number of hydrogen-bond donors (Lipinski definition) is 2. The Morgan fingerprint density at radius 2 is 2.31 bits per heavy atom. The Hall–Kier alpha value is -1.29. The summed E-state index contributed by atoms with van der Waals surface area (Å²) in [5, 5.41) is 12.7. The number of hydrogen-bond acceptors (Lipinski definition) is 4. The third-order valence-corrected chi connectivity index (χ3v) is 2.20. The Bertz CT molecular complexity index is 305. The van der Waals surface area contributed by atoms with Crippen LogP contribution in [0.1, 0.15) is 26.7 Å². The third-order valence-electron chi connectivity index (χ3n) is 2.20. The molecule has 0 spiro atoms. The van der Waals surface area contributed by atoms with Crippen molar-refractivity contribution in [2.24, 2.45) is 0 Å². The average Bonchev–Trinajstić information content (AvgIpc) is 2.29. The van der Waals surface area contributed by atoms with E-state index in [0.29, 0.717) is 19.0 Å². The van der Waals surface area contributed by atoms with Crippen LogP contribution in [0, 0.1) is 0 Å². The van der Waals surface area contributed by atoms with E-state index in [-0.39, 0.29) is 6.10 Å². The molecule has 1 heterocycles. The van der Waals surface area contributed by atoms with Crippen molar-refractivity contribution in [1.82, 2.24) is 4.98 Å². The minimum atomic E-state index is -0.332. The van der Waals surface area contributed by atoms with Crippen LogP contribution in [0.25, 0.3) is 0 Å². The Kier molecular flexibility index (Phi) is 5.64. The van der Waals surface area contributed by atoms with Gasteiger partial charge >= 0.3 is 0 Å². The lowest BCUT2D eigenvalue weighted by Crippen LogP contribution is -2.19. The molecule has 1 atom stereocenters. The van der Waals surface area contributed by atoms with Crippen LogP contribution in [0.4, 0.5) is 5.82 Å². The maximum absolute atomic E-state index is 9.60. The van der Waals surface area contributed by atoms with E-state index in [2.05, 4.69) is 17.2 Å². The molecular formula is C12H20N2O2. The summed E-state index contributed by atoms with van der Waals surface area (Å²) in [7, 11) is 0. The quantitative estimate of drug-likeness (QED) is 0.744. The SMILES string of the molecule is CCCC(O)CNc1ncccc1OCC. The molecule has 4 heteroatoms. The van der Waals surface area contributed by atoms with Gasteiger partial charge in [0.15, 0.2) is 11.6 Å². The van der Waals surface area contributed by atoms with Crippen LogP contribution in [-0.4, -0.2) is 29.3 Å². The zero-order valence-corrected chi connectivity index (χ0v) is 9.94. The molecule has 0 fully saturated rings. The van der Waals surface area contributed by atoms with Crippen LogP contribution < -0.4 is 10.1 Å². The van der Waals surface area contributed by atoms with E-state index in [4.69, 9.17) is 4.74 Å². The maximum atomic E-state index is 9.60. The van der Waals surface area contributed by atoms with Gasteiger partial charge in [-0.2, -0.15) is 0 Å².